The molecule has 0 bridgehead atoms. The lowest BCUT2D eigenvalue weighted by Gasteiger charge is -2.10. The van der Waals surface area contributed by atoms with Gasteiger partial charge in [-0.2, -0.15) is 0 Å². The molecule has 0 saturated heterocycles. The zero-order valence-electron chi connectivity index (χ0n) is 10.5. The number of hydrogen-bond acceptors (Lipinski definition) is 2. The highest BCUT2D eigenvalue weighted by Crippen LogP contribution is 2.47. The number of benzene rings is 2. The van der Waals surface area contributed by atoms with Crippen molar-refractivity contribution in [1.29, 1.82) is 0 Å². The summed E-state index contributed by atoms with van der Waals surface area (Å²) in [6, 6.07) is 12.3. The van der Waals surface area contributed by atoms with Crippen LogP contribution in [0.5, 0.6) is 11.5 Å². The van der Waals surface area contributed by atoms with Crippen molar-refractivity contribution in [2.45, 2.75) is 0 Å². The number of rotatable bonds is 2. The van der Waals surface area contributed by atoms with Gasteiger partial charge in [-0.15, -0.1) is 0 Å². The SMILES string of the molecule is C=C1c2ccccc2-c2cc(OC)c(OC)cc21. The monoisotopic (exact) mass is 238 g/mol. The van der Waals surface area contributed by atoms with Crippen molar-refractivity contribution in [2.75, 3.05) is 14.2 Å². The van der Waals surface area contributed by atoms with Gasteiger partial charge in [-0.1, -0.05) is 30.8 Å². The van der Waals surface area contributed by atoms with Crippen LogP contribution in [0.15, 0.2) is 43.0 Å². The molecular weight excluding hydrogens is 224 g/mol. The van der Waals surface area contributed by atoms with Gasteiger partial charge in [0.15, 0.2) is 11.5 Å². The van der Waals surface area contributed by atoms with Crippen molar-refractivity contribution >= 4 is 5.57 Å². The molecule has 2 heteroatoms. The molecule has 0 N–H and O–H groups in total. The third-order valence-electron chi connectivity index (χ3n) is 3.39. The summed E-state index contributed by atoms with van der Waals surface area (Å²) in [7, 11) is 3.30. The van der Waals surface area contributed by atoms with Crippen LogP contribution in [0.3, 0.4) is 0 Å². The summed E-state index contributed by atoms with van der Waals surface area (Å²) in [5.41, 5.74) is 5.71. The first-order chi connectivity index (χ1) is 8.76. The number of ether oxygens (including phenoxy) is 2. The molecule has 0 unspecified atom stereocenters. The Hall–Kier alpha value is -2.22. The minimum Gasteiger partial charge on any atom is -0.493 e. The maximum absolute atomic E-state index is 5.36. The lowest BCUT2D eigenvalue weighted by molar-refractivity contribution is 0.355. The Labute approximate surface area is 106 Å². The minimum atomic E-state index is 0.741. The first-order valence-corrected chi connectivity index (χ1v) is 5.81. The molecule has 2 nitrogen and oxygen atoms in total. The molecular formula is C16H14O2. The highest BCUT2D eigenvalue weighted by atomic mass is 16.5. The van der Waals surface area contributed by atoms with E-state index < -0.39 is 0 Å². The Kier molecular flexibility index (Phi) is 2.37. The molecule has 90 valence electrons. The lowest BCUT2D eigenvalue weighted by atomic mass is 10.0. The smallest absolute Gasteiger partial charge is 0.161 e. The molecule has 0 aliphatic heterocycles. The van der Waals surface area contributed by atoms with Gasteiger partial charge in [0.1, 0.15) is 0 Å². The standard InChI is InChI=1S/C16H14O2/c1-10-11-6-4-5-7-12(11)14-9-16(18-3)15(17-2)8-13(10)14/h4-9H,1H2,2-3H3. The molecule has 0 saturated carbocycles. The van der Waals surface area contributed by atoms with E-state index in [-0.39, 0.29) is 0 Å². The minimum absolute atomic E-state index is 0.741. The van der Waals surface area contributed by atoms with Gasteiger partial charge < -0.3 is 9.47 Å². The molecule has 0 radical (unpaired) electrons. The highest BCUT2D eigenvalue weighted by molar-refractivity contribution is 6.01. The summed E-state index contributed by atoms with van der Waals surface area (Å²) in [5, 5.41) is 0. The third-order valence-corrected chi connectivity index (χ3v) is 3.39. The molecule has 0 aromatic heterocycles. The second-order valence-corrected chi connectivity index (χ2v) is 4.28. The molecule has 0 fully saturated rings. The van der Waals surface area contributed by atoms with Gasteiger partial charge in [0.2, 0.25) is 0 Å². The van der Waals surface area contributed by atoms with Crippen LogP contribution in [0.4, 0.5) is 0 Å². The van der Waals surface area contributed by atoms with E-state index >= 15 is 0 Å². The zero-order chi connectivity index (χ0) is 12.7. The molecule has 18 heavy (non-hydrogen) atoms. The van der Waals surface area contributed by atoms with Crippen LogP contribution >= 0.6 is 0 Å². The molecule has 2 aromatic carbocycles. The predicted octanol–water partition coefficient (Wildman–Crippen LogP) is 3.75. The number of fused-ring (bicyclic) bond motifs is 3. The van der Waals surface area contributed by atoms with Gasteiger partial charge in [-0.05, 0) is 40.0 Å². The van der Waals surface area contributed by atoms with E-state index in [0.717, 1.165) is 28.2 Å². The average molecular weight is 238 g/mol. The van der Waals surface area contributed by atoms with Crippen LogP contribution in [-0.2, 0) is 0 Å². The molecule has 0 spiro atoms. The van der Waals surface area contributed by atoms with Crippen molar-refractivity contribution < 1.29 is 9.47 Å². The van der Waals surface area contributed by atoms with Crippen molar-refractivity contribution in [3.8, 4) is 22.6 Å². The zero-order valence-corrected chi connectivity index (χ0v) is 10.5. The van der Waals surface area contributed by atoms with E-state index in [1.807, 2.05) is 24.3 Å². The lowest BCUT2D eigenvalue weighted by Crippen LogP contribution is -1.92. The Morgan fingerprint density at radius 1 is 0.778 bits per heavy atom. The highest BCUT2D eigenvalue weighted by Gasteiger charge is 2.23. The van der Waals surface area contributed by atoms with Gasteiger partial charge in [-0.25, -0.2) is 0 Å². The van der Waals surface area contributed by atoms with E-state index in [0.29, 0.717) is 0 Å². The van der Waals surface area contributed by atoms with Gasteiger partial charge in [0.05, 0.1) is 14.2 Å². The van der Waals surface area contributed by atoms with Crippen LogP contribution in [0, 0.1) is 0 Å². The third kappa shape index (κ3) is 1.35. The van der Waals surface area contributed by atoms with Crippen molar-refractivity contribution in [1.82, 2.24) is 0 Å². The Bertz CT molecular complexity index is 642. The molecule has 0 atom stereocenters. The van der Waals surface area contributed by atoms with Crippen molar-refractivity contribution in [2.24, 2.45) is 0 Å². The second kappa shape index (κ2) is 3.91. The molecule has 0 amide bonds. The van der Waals surface area contributed by atoms with Crippen LogP contribution < -0.4 is 9.47 Å². The largest absolute Gasteiger partial charge is 0.493 e. The van der Waals surface area contributed by atoms with E-state index in [1.54, 1.807) is 14.2 Å². The summed E-state index contributed by atoms with van der Waals surface area (Å²) in [6.07, 6.45) is 0. The predicted molar refractivity (Wildman–Crippen MR) is 73.1 cm³/mol. The van der Waals surface area contributed by atoms with E-state index in [4.69, 9.17) is 9.47 Å². The van der Waals surface area contributed by atoms with Gasteiger partial charge in [-0.3, -0.25) is 0 Å². The number of hydrogen-bond donors (Lipinski definition) is 0. The molecule has 3 rings (SSSR count). The second-order valence-electron chi connectivity index (χ2n) is 4.28. The van der Waals surface area contributed by atoms with Crippen LogP contribution in [0.1, 0.15) is 11.1 Å². The topological polar surface area (TPSA) is 18.5 Å². The summed E-state index contributed by atoms with van der Waals surface area (Å²) < 4.78 is 10.7. The maximum atomic E-state index is 5.36. The summed E-state index contributed by atoms with van der Waals surface area (Å²) in [5.74, 6) is 1.49. The quantitative estimate of drug-likeness (QED) is 0.677. The molecule has 1 aliphatic rings. The fourth-order valence-corrected chi connectivity index (χ4v) is 2.48. The first kappa shape index (κ1) is 10.9. The van der Waals surface area contributed by atoms with Crippen molar-refractivity contribution in [3.63, 3.8) is 0 Å². The summed E-state index contributed by atoms with van der Waals surface area (Å²) in [4.78, 5) is 0. The van der Waals surface area contributed by atoms with Gasteiger partial charge in [0.25, 0.3) is 0 Å². The average Bonchev–Trinajstić information content (AvgIpc) is 2.71. The van der Waals surface area contributed by atoms with E-state index in [2.05, 4.69) is 18.7 Å². The Morgan fingerprint density at radius 2 is 1.33 bits per heavy atom. The maximum Gasteiger partial charge on any atom is 0.161 e. The van der Waals surface area contributed by atoms with Crippen molar-refractivity contribution in [3.05, 3.63) is 54.1 Å². The summed E-state index contributed by atoms with van der Waals surface area (Å²) >= 11 is 0. The molecule has 2 aromatic rings. The summed E-state index contributed by atoms with van der Waals surface area (Å²) in [6.45, 7) is 4.17. The van der Waals surface area contributed by atoms with Crippen LogP contribution in [0.2, 0.25) is 0 Å². The van der Waals surface area contributed by atoms with E-state index in [9.17, 15) is 0 Å². The molecule has 1 aliphatic carbocycles. The normalized spacial score (nSPS) is 12.0. The van der Waals surface area contributed by atoms with Crippen LogP contribution in [-0.4, -0.2) is 14.2 Å². The number of methoxy groups -OCH3 is 2. The van der Waals surface area contributed by atoms with Gasteiger partial charge >= 0.3 is 0 Å². The fourth-order valence-electron chi connectivity index (χ4n) is 2.48. The van der Waals surface area contributed by atoms with Crippen LogP contribution in [0.25, 0.3) is 16.7 Å². The first-order valence-electron chi connectivity index (χ1n) is 5.81. The van der Waals surface area contributed by atoms with Gasteiger partial charge in [0, 0.05) is 0 Å². The Balaban J connectivity index is 2.29. The van der Waals surface area contributed by atoms with E-state index in [1.165, 1.54) is 11.1 Å². The molecule has 0 heterocycles. The Morgan fingerprint density at radius 3 is 1.94 bits per heavy atom. The fraction of sp³-hybridized carbons (Fsp3) is 0.125.